The first-order valence-electron chi connectivity index (χ1n) is 9.81. The first kappa shape index (κ1) is 20.9. The third-order valence-electron chi connectivity index (χ3n) is 4.82. The molecule has 0 unspecified atom stereocenters. The molecule has 3 aromatic carbocycles. The number of benzene rings is 3. The Labute approximate surface area is 183 Å². The van der Waals surface area contributed by atoms with E-state index in [0.717, 1.165) is 5.56 Å². The Morgan fingerprint density at radius 2 is 1.78 bits per heavy atom. The van der Waals surface area contributed by atoms with Crippen LogP contribution in [0.3, 0.4) is 0 Å². The lowest BCUT2D eigenvalue weighted by Gasteiger charge is -2.08. The van der Waals surface area contributed by atoms with Gasteiger partial charge in [-0.15, -0.1) is 0 Å². The summed E-state index contributed by atoms with van der Waals surface area (Å²) >= 11 is 0. The average molecular weight is 428 g/mol. The van der Waals surface area contributed by atoms with E-state index >= 15 is 0 Å². The molecule has 0 fully saturated rings. The van der Waals surface area contributed by atoms with Gasteiger partial charge >= 0.3 is 5.97 Å². The molecule has 0 saturated heterocycles. The standard InChI is InChI=1S/C25H20N2O5/c1-15-4-3-5-19(12-15)26-23(28)21-13-17-8-11-20(31-2)14-22(17)32-24(21)27-18-9-6-16(7-10-18)25(29)30/h3-14H,1-2H3,(H,26,28)(H,29,30). The molecule has 0 radical (unpaired) electrons. The Balaban J connectivity index is 1.83. The molecule has 7 heteroatoms. The second-order valence-electron chi connectivity index (χ2n) is 7.16. The molecule has 0 aliphatic rings. The van der Waals surface area contributed by atoms with Gasteiger partial charge < -0.3 is 19.6 Å². The van der Waals surface area contributed by atoms with E-state index in [-0.39, 0.29) is 22.6 Å². The van der Waals surface area contributed by atoms with Gasteiger partial charge in [0.25, 0.3) is 5.91 Å². The molecule has 4 rings (SSSR count). The summed E-state index contributed by atoms with van der Waals surface area (Å²) in [6.07, 6.45) is 0. The Kier molecular flexibility index (Phi) is 5.72. The number of fused-ring (bicyclic) bond motifs is 1. The molecule has 1 heterocycles. The van der Waals surface area contributed by atoms with E-state index in [9.17, 15) is 9.59 Å². The Morgan fingerprint density at radius 3 is 2.47 bits per heavy atom. The summed E-state index contributed by atoms with van der Waals surface area (Å²) in [6.45, 7) is 1.94. The highest BCUT2D eigenvalue weighted by Gasteiger charge is 2.14. The number of carbonyl (C=O) groups excluding carboxylic acids is 1. The van der Waals surface area contributed by atoms with Crippen molar-refractivity contribution in [2.45, 2.75) is 6.92 Å². The molecule has 0 bridgehead atoms. The maximum absolute atomic E-state index is 13.1. The second kappa shape index (κ2) is 8.77. The van der Waals surface area contributed by atoms with Crippen LogP contribution in [0.2, 0.25) is 0 Å². The van der Waals surface area contributed by atoms with Crippen molar-refractivity contribution in [3.8, 4) is 5.75 Å². The van der Waals surface area contributed by atoms with Gasteiger partial charge in [-0.1, -0.05) is 12.1 Å². The summed E-state index contributed by atoms with van der Waals surface area (Å²) in [5.41, 5.74) is 3.10. The van der Waals surface area contributed by atoms with Crippen LogP contribution >= 0.6 is 0 Å². The monoisotopic (exact) mass is 428 g/mol. The van der Waals surface area contributed by atoms with E-state index in [2.05, 4.69) is 10.3 Å². The minimum absolute atomic E-state index is 0.0963. The van der Waals surface area contributed by atoms with Crippen LogP contribution in [-0.2, 0) is 0 Å². The summed E-state index contributed by atoms with van der Waals surface area (Å²) in [4.78, 5) is 28.7. The number of aryl methyl sites for hydroxylation is 1. The van der Waals surface area contributed by atoms with Crippen LogP contribution in [0.1, 0.15) is 26.3 Å². The Morgan fingerprint density at radius 1 is 1.00 bits per heavy atom. The van der Waals surface area contributed by atoms with Gasteiger partial charge in [-0.2, -0.15) is 0 Å². The van der Waals surface area contributed by atoms with Crippen molar-refractivity contribution < 1.29 is 23.8 Å². The van der Waals surface area contributed by atoms with Gasteiger partial charge in [0, 0.05) is 17.1 Å². The van der Waals surface area contributed by atoms with Gasteiger partial charge in [0.1, 0.15) is 16.9 Å². The summed E-state index contributed by atoms with van der Waals surface area (Å²) in [7, 11) is 1.56. The number of hydrogen-bond donors (Lipinski definition) is 2. The number of rotatable bonds is 5. The molecule has 0 aliphatic heterocycles. The summed E-state index contributed by atoms with van der Waals surface area (Å²) < 4.78 is 11.2. The van der Waals surface area contributed by atoms with Crippen LogP contribution in [0.25, 0.3) is 11.0 Å². The van der Waals surface area contributed by atoms with Crippen molar-refractivity contribution >= 4 is 34.2 Å². The van der Waals surface area contributed by atoms with Gasteiger partial charge in [0.2, 0.25) is 5.55 Å². The van der Waals surface area contributed by atoms with E-state index in [1.807, 2.05) is 25.1 Å². The van der Waals surface area contributed by atoms with Crippen LogP contribution in [0.5, 0.6) is 5.75 Å². The third kappa shape index (κ3) is 4.52. The number of carbonyl (C=O) groups is 2. The van der Waals surface area contributed by atoms with Gasteiger partial charge in [-0.3, -0.25) is 4.79 Å². The Bertz CT molecular complexity index is 1390. The fourth-order valence-electron chi connectivity index (χ4n) is 3.19. The van der Waals surface area contributed by atoms with Gasteiger partial charge in [0.15, 0.2) is 0 Å². The maximum atomic E-state index is 13.1. The molecule has 0 saturated carbocycles. The number of carboxylic acids is 1. The predicted octanol–water partition coefficient (Wildman–Crippen LogP) is 4.93. The maximum Gasteiger partial charge on any atom is 0.335 e. The summed E-state index contributed by atoms with van der Waals surface area (Å²) in [5.74, 6) is -0.801. The lowest BCUT2D eigenvalue weighted by Crippen LogP contribution is -2.21. The molecule has 1 aromatic heterocycles. The SMILES string of the molecule is COc1ccc2cc(C(=O)Nc3cccc(C)c3)c(=Nc3ccc(C(=O)O)cc3)oc2c1. The zero-order valence-corrected chi connectivity index (χ0v) is 17.5. The minimum atomic E-state index is -1.03. The number of nitrogens with one attached hydrogen (secondary N) is 1. The highest BCUT2D eigenvalue weighted by molar-refractivity contribution is 6.05. The van der Waals surface area contributed by atoms with Crippen molar-refractivity contribution in [1.82, 2.24) is 0 Å². The highest BCUT2D eigenvalue weighted by Crippen LogP contribution is 2.22. The molecule has 2 N–H and O–H groups in total. The topological polar surface area (TPSA) is 101 Å². The second-order valence-corrected chi connectivity index (χ2v) is 7.16. The van der Waals surface area contributed by atoms with E-state index < -0.39 is 5.97 Å². The number of anilines is 1. The number of carboxylic acid groups (broad SMARTS) is 1. The van der Waals surface area contributed by atoms with Gasteiger partial charge in [0.05, 0.1) is 18.4 Å². The lowest BCUT2D eigenvalue weighted by atomic mass is 10.1. The van der Waals surface area contributed by atoms with E-state index in [4.69, 9.17) is 14.3 Å². The van der Waals surface area contributed by atoms with E-state index in [1.165, 1.54) is 12.1 Å². The Hall–Kier alpha value is -4.39. The largest absolute Gasteiger partial charge is 0.497 e. The first-order chi connectivity index (χ1) is 15.4. The zero-order valence-electron chi connectivity index (χ0n) is 17.5. The quantitative estimate of drug-likeness (QED) is 0.469. The molecular weight excluding hydrogens is 408 g/mol. The molecule has 160 valence electrons. The molecular formula is C25H20N2O5. The molecule has 0 spiro atoms. The molecule has 4 aromatic rings. The average Bonchev–Trinajstić information content (AvgIpc) is 2.78. The molecule has 0 atom stereocenters. The van der Waals surface area contributed by atoms with E-state index in [1.54, 1.807) is 49.6 Å². The van der Waals surface area contributed by atoms with Crippen molar-refractivity contribution in [1.29, 1.82) is 0 Å². The molecule has 32 heavy (non-hydrogen) atoms. The highest BCUT2D eigenvalue weighted by atomic mass is 16.5. The van der Waals surface area contributed by atoms with Gasteiger partial charge in [-0.25, -0.2) is 9.79 Å². The summed E-state index contributed by atoms with van der Waals surface area (Å²) in [6, 6.07) is 20.4. The van der Waals surface area contributed by atoms with Crippen LogP contribution < -0.4 is 15.6 Å². The molecule has 7 nitrogen and oxygen atoms in total. The first-order valence-corrected chi connectivity index (χ1v) is 9.81. The van der Waals surface area contributed by atoms with Crippen molar-refractivity contribution in [3.63, 3.8) is 0 Å². The lowest BCUT2D eigenvalue weighted by molar-refractivity contribution is 0.0696. The number of amides is 1. The summed E-state index contributed by atoms with van der Waals surface area (Å²) in [5, 5.41) is 12.7. The minimum Gasteiger partial charge on any atom is -0.497 e. The molecule has 1 amide bonds. The van der Waals surface area contributed by atoms with Crippen molar-refractivity contribution in [3.05, 3.63) is 95.0 Å². The van der Waals surface area contributed by atoms with Crippen molar-refractivity contribution in [2.75, 3.05) is 12.4 Å². The van der Waals surface area contributed by atoms with Crippen LogP contribution in [0.15, 0.2) is 82.2 Å². The fraction of sp³-hybridized carbons (Fsp3) is 0.0800. The van der Waals surface area contributed by atoms with E-state index in [0.29, 0.717) is 28.1 Å². The normalized spacial score (nSPS) is 11.4. The number of nitrogens with zero attached hydrogens (tertiary/aromatic N) is 1. The van der Waals surface area contributed by atoms with Crippen molar-refractivity contribution in [2.24, 2.45) is 4.99 Å². The number of hydrogen-bond acceptors (Lipinski definition) is 5. The fourth-order valence-corrected chi connectivity index (χ4v) is 3.19. The zero-order chi connectivity index (χ0) is 22.7. The number of aromatic carboxylic acids is 1. The smallest absolute Gasteiger partial charge is 0.335 e. The predicted molar refractivity (Wildman–Crippen MR) is 121 cm³/mol. The van der Waals surface area contributed by atoms with Crippen LogP contribution in [0.4, 0.5) is 11.4 Å². The van der Waals surface area contributed by atoms with Crippen LogP contribution in [-0.4, -0.2) is 24.1 Å². The third-order valence-corrected chi connectivity index (χ3v) is 4.82. The van der Waals surface area contributed by atoms with Crippen LogP contribution in [0, 0.1) is 6.92 Å². The number of methoxy groups -OCH3 is 1. The number of ether oxygens (including phenoxy) is 1. The molecule has 0 aliphatic carbocycles. The van der Waals surface area contributed by atoms with Gasteiger partial charge in [-0.05, 0) is 67.1 Å².